The van der Waals surface area contributed by atoms with E-state index in [1.807, 2.05) is 31.2 Å². The fraction of sp³-hybridized carbons (Fsp3) is 0.350. The lowest BCUT2D eigenvalue weighted by Crippen LogP contribution is -2.29. The summed E-state index contributed by atoms with van der Waals surface area (Å²) >= 11 is 0. The van der Waals surface area contributed by atoms with E-state index in [1.54, 1.807) is 19.2 Å². The summed E-state index contributed by atoms with van der Waals surface area (Å²) in [6.45, 7) is 2.36. The van der Waals surface area contributed by atoms with E-state index in [9.17, 15) is 4.79 Å². The van der Waals surface area contributed by atoms with Gasteiger partial charge in [-0.1, -0.05) is 24.3 Å². The van der Waals surface area contributed by atoms with E-state index in [4.69, 9.17) is 18.9 Å². The van der Waals surface area contributed by atoms with Crippen LogP contribution in [0, 0.1) is 6.92 Å². The third-order valence-corrected chi connectivity index (χ3v) is 4.19. The van der Waals surface area contributed by atoms with E-state index in [0.717, 1.165) is 11.1 Å². The van der Waals surface area contributed by atoms with Gasteiger partial charge in [0, 0.05) is 19.2 Å². The maximum absolute atomic E-state index is 12.6. The lowest BCUT2D eigenvalue weighted by Gasteiger charge is -2.19. The van der Waals surface area contributed by atoms with E-state index in [2.05, 4.69) is 5.32 Å². The molecule has 0 fully saturated rings. The quantitative estimate of drug-likeness (QED) is 0.784. The first-order chi connectivity index (χ1) is 12.5. The molecule has 0 bridgehead atoms. The van der Waals surface area contributed by atoms with Crippen LogP contribution < -0.4 is 19.5 Å². The average Bonchev–Trinajstić information content (AvgIpc) is 2.68. The zero-order valence-corrected chi connectivity index (χ0v) is 15.8. The Kier molecular flexibility index (Phi) is 6.86. The van der Waals surface area contributed by atoms with Crippen molar-refractivity contribution >= 4 is 5.91 Å². The van der Waals surface area contributed by atoms with Gasteiger partial charge in [0.2, 0.25) is 5.75 Å². The Hall–Kier alpha value is -2.73. The number of nitrogens with one attached hydrogen (secondary N) is 1. The maximum Gasteiger partial charge on any atom is 0.251 e. The fourth-order valence-corrected chi connectivity index (χ4v) is 2.77. The number of methoxy groups -OCH3 is 4. The molecule has 6 heteroatoms. The molecule has 140 valence electrons. The minimum atomic E-state index is -0.250. The van der Waals surface area contributed by atoms with Crippen molar-refractivity contribution in [2.75, 3.05) is 35.0 Å². The molecule has 0 saturated heterocycles. The summed E-state index contributed by atoms with van der Waals surface area (Å²) in [5, 5.41) is 2.90. The van der Waals surface area contributed by atoms with E-state index in [0.29, 0.717) is 29.4 Å². The minimum Gasteiger partial charge on any atom is -0.493 e. The largest absolute Gasteiger partial charge is 0.493 e. The second-order valence-electron chi connectivity index (χ2n) is 5.70. The van der Waals surface area contributed by atoms with Crippen LogP contribution in [0.2, 0.25) is 0 Å². The summed E-state index contributed by atoms with van der Waals surface area (Å²) in [6, 6.07) is 11.2. The highest BCUT2D eigenvalue weighted by Gasteiger charge is 2.19. The van der Waals surface area contributed by atoms with Gasteiger partial charge < -0.3 is 24.3 Å². The molecule has 0 aromatic heterocycles. The molecule has 1 atom stereocenters. The lowest BCUT2D eigenvalue weighted by molar-refractivity contribution is 0.0825. The van der Waals surface area contributed by atoms with E-state index >= 15 is 0 Å². The number of carbonyl (C=O) groups excluding carboxylic acids is 1. The number of ether oxygens (including phenoxy) is 4. The van der Waals surface area contributed by atoms with Gasteiger partial charge in [-0.05, 0) is 30.2 Å². The zero-order valence-electron chi connectivity index (χ0n) is 15.8. The van der Waals surface area contributed by atoms with Crippen LogP contribution in [0.4, 0.5) is 0 Å². The summed E-state index contributed by atoms with van der Waals surface area (Å²) in [5.41, 5.74) is 2.57. The molecule has 2 aromatic rings. The molecule has 1 N–H and O–H groups in total. The maximum atomic E-state index is 12.6. The number of hydrogen-bond donors (Lipinski definition) is 1. The molecule has 2 rings (SSSR count). The highest BCUT2D eigenvalue weighted by Crippen LogP contribution is 2.38. The molecule has 0 aliphatic carbocycles. The molecule has 2 aromatic carbocycles. The first-order valence-corrected chi connectivity index (χ1v) is 8.22. The van der Waals surface area contributed by atoms with Crippen LogP contribution in [0.25, 0.3) is 0 Å². The highest BCUT2D eigenvalue weighted by atomic mass is 16.5. The second kappa shape index (κ2) is 9.10. The number of rotatable bonds is 8. The fourth-order valence-electron chi connectivity index (χ4n) is 2.77. The SMILES string of the molecule is COc1cc(C(=O)NCC(OC)c2ccccc2C)cc(OC)c1OC. The molecule has 0 aliphatic rings. The van der Waals surface area contributed by atoms with Crippen LogP contribution in [-0.2, 0) is 4.74 Å². The number of carbonyl (C=O) groups is 1. The Bertz CT molecular complexity index is 735. The van der Waals surface area contributed by atoms with Crippen molar-refractivity contribution in [2.24, 2.45) is 0 Å². The van der Waals surface area contributed by atoms with Crippen molar-refractivity contribution in [1.82, 2.24) is 5.32 Å². The predicted octanol–water partition coefficient (Wildman–Crippen LogP) is 3.14. The van der Waals surface area contributed by atoms with Crippen molar-refractivity contribution in [3.63, 3.8) is 0 Å². The Morgan fingerprint density at radius 3 is 2.12 bits per heavy atom. The van der Waals surface area contributed by atoms with Gasteiger partial charge in [0.15, 0.2) is 11.5 Å². The molecule has 0 spiro atoms. The Labute approximate surface area is 154 Å². The van der Waals surface area contributed by atoms with Crippen LogP contribution >= 0.6 is 0 Å². The molecule has 1 unspecified atom stereocenters. The summed E-state index contributed by atoms with van der Waals surface area (Å²) < 4.78 is 21.4. The molecule has 0 radical (unpaired) electrons. The van der Waals surface area contributed by atoms with Gasteiger partial charge in [-0.2, -0.15) is 0 Å². The topological polar surface area (TPSA) is 66.0 Å². The molecule has 0 heterocycles. The number of hydrogen-bond acceptors (Lipinski definition) is 5. The Balaban J connectivity index is 2.18. The van der Waals surface area contributed by atoms with Gasteiger partial charge >= 0.3 is 0 Å². The normalized spacial score (nSPS) is 11.6. The average molecular weight is 359 g/mol. The molecule has 26 heavy (non-hydrogen) atoms. The highest BCUT2D eigenvalue weighted by molar-refractivity contribution is 5.95. The lowest BCUT2D eigenvalue weighted by atomic mass is 10.0. The van der Waals surface area contributed by atoms with E-state index < -0.39 is 0 Å². The Morgan fingerprint density at radius 2 is 1.62 bits per heavy atom. The van der Waals surface area contributed by atoms with Crippen LogP contribution in [0.1, 0.15) is 27.6 Å². The molecular weight excluding hydrogens is 334 g/mol. The first kappa shape index (κ1) is 19.6. The van der Waals surface area contributed by atoms with E-state index in [-0.39, 0.29) is 12.0 Å². The van der Waals surface area contributed by atoms with Crippen LogP contribution in [0.15, 0.2) is 36.4 Å². The van der Waals surface area contributed by atoms with Crippen molar-refractivity contribution < 1.29 is 23.7 Å². The molecule has 6 nitrogen and oxygen atoms in total. The molecule has 0 saturated carbocycles. The summed E-state index contributed by atoms with van der Waals surface area (Å²) in [4.78, 5) is 12.6. The zero-order chi connectivity index (χ0) is 19.1. The Morgan fingerprint density at radius 1 is 1.00 bits per heavy atom. The molecular formula is C20H25NO5. The number of aryl methyl sites for hydroxylation is 1. The van der Waals surface area contributed by atoms with Gasteiger partial charge in [0.05, 0.1) is 27.4 Å². The van der Waals surface area contributed by atoms with E-state index in [1.165, 1.54) is 21.3 Å². The number of amides is 1. The summed E-state index contributed by atoms with van der Waals surface area (Å²) in [6.07, 6.45) is -0.234. The van der Waals surface area contributed by atoms with Crippen LogP contribution in [0.3, 0.4) is 0 Å². The van der Waals surface area contributed by atoms with Gasteiger partial charge in [0.25, 0.3) is 5.91 Å². The summed E-state index contributed by atoms with van der Waals surface area (Å²) in [7, 11) is 6.17. The van der Waals surface area contributed by atoms with Crippen molar-refractivity contribution in [1.29, 1.82) is 0 Å². The van der Waals surface area contributed by atoms with Crippen molar-refractivity contribution in [2.45, 2.75) is 13.0 Å². The monoisotopic (exact) mass is 359 g/mol. The third kappa shape index (κ3) is 4.26. The van der Waals surface area contributed by atoms with Crippen molar-refractivity contribution in [3.05, 3.63) is 53.1 Å². The van der Waals surface area contributed by atoms with Gasteiger partial charge in [-0.3, -0.25) is 4.79 Å². The molecule has 0 aliphatic heterocycles. The predicted molar refractivity (Wildman–Crippen MR) is 99.4 cm³/mol. The van der Waals surface area contributed by atoms with Gasteiger partial charge in [-0.25, -0.2) is 0 Å². The second-order valence-corrected chi connectivity index (χ2v) is 5.70. The van der Waals surface area contributed by atoms with Crippen LogP contribution in [-0.4, -0.2) is 40.9 Å². The summed E-state index contributed by atoms with van der Waals surface area (Å²) in [5.74, 6) is 1.06. The smallest absolute Gasteiger partial charge is 0.251 e. The third-order valence-electron chi connectivity index (χ3n) is 4.19. The van der Waals surface area contributed by atoms with Gasteiger partial charge in [-0.15, -0.1) is 0 Å². The molecule has 1 amide bonds. The first-order valence-electron chi connectivity index (χ1n) is 8.22. The minimum absolute atomic E-state index is 0.234. The standard InChI is InChI=1S/C20H25NO5/c1-13-8-6-7-9-15(13)18(25-4)12-21-20(22)14-10-16(23-2)19(26-5)17(11-14)24-3/h6-11,18H,12H2,1-5H3,(H,21,22). The van der Waals surface area contributed by atoms with Crippen LogP contribution in [0.5, 0.6) is 17.2 Å². The van der Waals surface area contributed by atoms with Gasteiger partial charge in [0.1, 0.15) is 0 Å². The van der Waals surface area contributed by atoms with Crippen molar-refractivity contribution in [3.8, 4) is 17.2 Å². The number of benzene rings is 2.